The van der Waals surface area contributed by atoms with E-state index in [1.165, 1.54) is 5.56 Å². The Hall–Kier alpha value is -4.65. The summed E-state index contributed by atoms with van der Waals surface area (Å²) in [7, 11) is 0. The maximum absolute atomic E-state index is 13.3. The van der Waals surface area contributed by atoms with E-state index < -0.39 is 17.7 Å². The zero-order chi connectivity index (χ0) is 28.1. The van der Waals surface area contributed by atoms with Crippen LogP contribution in [0, 0.1) is 6.92 Å². The van der Waals surface area contributed by atoms with Crippen molar-refractivity contribution in [2.75, 3.05) is 6.54 Å². The fourth-order valence-electron chi connectivity index (χ4n) is 5.07. The first-order valence-electron chi connectivity index (χ1n) is 13.6. The second kappa shape index (κ2) is 12.0. The fourth-order valence-corrected chi connectivity index (χ4v) is 5.07. The Balaban J connectivity index is 1.41. The van der Waals surface area contributed by atoms with Crippen molar-refractivity contribution in [1.82, 2.24) is 14.5 Å². The number of rotatable bonds is 10. The molecule has 4 aromatic rings. The van der Waals surface area contributed by atoms with Crippen molar-refractivity contribution in [2.45, 2.75) is 45.9 Å². The first kappa shape index (κ1) is 26.9. The molecule has 1 saturated heterocycles. The van der Waals surface area contributed by atoms with E-state index >= 15 is 0 Å². The molecule has 1 atom stereocenters. The van der Waals surface area contributed by atoms with Gasteiger partial charge in [0.1, 0.15) is 18.1 Å². The van der Waals surface area contributed by atoms with Gasteiger partial charge in [-0.25, -0.2) is 4.98 Å². The van der Waals surface area contributed by atoms with Crippen LogP contribution in [0.15, 0.2) is 97.1 Å². The molecule has 1 unspecified atom stereocenters. The SMILES string of the molecule is CCc1ccc(C2C(=C(O)c3ccc(OCc4cccc(C)c4)cc3)C(=O)C(=O)N2CCCn2ccnc2)cc1. The number of aromatic nitrogens is 2. The van der Waals surface area contributed by atoms with Crippen molar-refractivity contribution in [3.8, 4) is 5.75 Å². The number of nitrogens with zero attached hydrogens (tertiary/aromatic N) is 3. The van der Waals surface area contributed by atoms with Crippen molar-refractivity contribution < 1.29 is 19.4 Å². The zero-order valence-corrected chi connectivity index (χ0v) is 22.8. The maximum Gasteiger partial charge on any atom is 0.295 e. The Bertz CT molecular complexity index is 1510. The van der Waals surface area contributed by atoms with Gasteiger partial charge >= 0.3 is 0 Å². The molecule has 0 aliphatic carbocycles. The Morgan fingerprint density at radius 2 is 1.75 bits per heavy atom. The molecule has 2 heterocycles. The number of benzene rings is 3. The molecule has 0 bridgehead atoms. The molecular formula is C33H33N3O4. The molecule has 1 N–H and O–H groups in total. The minimum atomic E-state index is -0.676. The van der Waals surface area contributed by atoms with Gasteiger partial charge in [0.2, 0.25) is 0 Å². The molecule has 204 valence electrons. The molecule has 3 aromatic carbocycles. The summed E-state index contributed by atoms with van der Waals surface area (Å²) in [6.07, 6.45) is 6.82. The highest BCUT2D eigenvalue weighted by molar-refractivity contribution is 6.46. The van der Waals surface area contributed by atoms with Crippen molar-refractivity contribution in [1.29, 1.82) is 0 Å². The number of aliphatic hydroxyl groups is 1. The summed E-state index contributed by atoms with van der Waals surface area (Å²) >= 11 is 0. The number of carbonyl (C=O) groups is 2. The van der Waals surface area contributed by atoms with Gasteiger partial charge in [0.05, 0.1) is 17.9 Å². The summed E-state index contributed by atoms with van der Waals surface area (Å²) in [5.41, 5.74) is 4.73. The van der Waals surface area contributed by atoms with Crippen LogP contribution in [0.3, 0.4) is 0 Å². The highest BCUT2D eigenvalue weighted by atomic mass is 16.5. The van der Waals surface area contributed by atoms with Crippen molar-refractivity contribution in [3.05, 3.63) is 125 Å². The van der Waals surface area contributed by atoms with Crippen LogP contribution < -0.4 is 4.74 Å². The third-order valence-corrected chi connectivity index (χ3v) is 7.23. The molecule has 7 heteroatoms. The first-order valence-corrected chi connectivity index (χ1v) is 13.6. The third kappa shape index (κ3) is 5.83. The lowest BCUT2D eigenvalue weighted by Gasteiger charge is -2.25. The number of carbonyl (C=O) groups excluding carboxylic acids is 2. The van der Waals surface area contributed by atoms with Crippen LogP contribution in [-0.2, 0) is 29.2 Å². The summed E-state index contributed by atoms with van der Waals surface area (Å²) < 4.78 is 7.85. The standard InChI is InChI=1S/C33H33N3O4/c1-3-24-8-10-26(11-9-24)30-29(32(38)33(39)36(30)18-5-17-35-19-16-34-22-35)31(37)27-12-14-28(15-13-27)40-21-25-7-4-6-23(2)20-25/h4,6-16,19-20,22,30,37H,3,5,17-18,21H2,1-2H3. The zero-order valence-electron chi connectivity index (χ0n) is 22.8. The van der Waals surface area contributed by atoms with E-state index in [1.54, 1.807) is 41.7 Å². The van der Waals surface area contributed by atoms with E-state index in [9.17, 15) is 14.7 Å². The summed E-state index contributed by atoms with van der Waals surface area (Å²) in [6, 6.07) is 22.3. The second-order valence-corrected chi connectivity index (χ2v) is 10.0. The normalized spacial score (nSPS) is 16.4. The molecule has 1 amide bonds. The minimum absolute atomic E-state index is 0.102. The van der Waals surface area contributed by atoms with Gasteiger partial charge < -0.3 is 19.3 Å². The average molecular weight is 536 g/mol. The quantitative estimate of drug-likeness (QED) is 0.157. The van der Waals surface area contributed by atoms with Crippen LogP contribution in [0.5, 0.6) is 5.75 Å². The van der Waals surface area contributed by atoms with Gasteiger partial charge in [-0.1, -0.05) is 61.0 Å². The lowest BCUT2D eigenvalue weighted by Crippen LogP contribution is -2.31. The number of hydrogen-bond donors (Lipinski definition) is 1. The molecule has 1 aliphatic rings. The van der Waals surface area contributed by atoms with Crippen LogP contribution in [0.25, 0.3) is 5.76 Å². The van der Waals surface area contributed by atoms with Crippen LogP contribution in [-0.4, -0.2) is 37.8 Å². The van der Waals surface area contributed by atoms with Gasteiger partial charge in [-0.3, -0.25) is 9.59 Å². The smallest absolute Gasteiger partial charge is 0.295 e. The van der Waals surface area contributed by atoms with Gasteiger partial charge in [-0.2, -0.15) is 0 Å². The fraction of sp³-hybridized carbons (Fsp3) is 0.242. The number of likely N-dealkylation sites (tertiary alicyclic amines) is 1. The number of hydrogen-bond acceptors (Lipinski definition) is 5. The molecule has 0 radical (unpaired) electrons. The topological polar surface area (TPSA) is 84.7 Å². The maximum atomic E-state index is 13.3. The van der Waals surface area contributed by atoms with E-state index in [2.05, 4.69) is 18.0 Å². The van der Waals surface area contributed by atoms with E-state index in [4.69, 9.17) is 4.74 Å². The van der Waals surface area contributed by atoms with Crippen LogP contribution in [0.1, 0.15) is 47.2 Å². The first-order chi connectivity index (χ1) is 19.4. The highest BCUT2D eigenvalue weighted by Gasteiger charge is 2.45. The molecule has 40 heavy (non-hydrogen) atoms. The molecule has 1 fully saturated rings. The summed E-state index contributed by atoms with van der Waals surface area (Å²) in [5, 5.41) is 11.4. The summed E-state index contributed by atoms with van der Waals surface area (Å²) in [5.74, 6) is -0.825. The van der Waals surface area contributed by atoms with Gasteiger partial charge in [-0.15, -0.1) is 0 Å². The Morgan fingerprint density at radius 1 is 0.975 bits per heavy atom. The molecule has 1 aromatic heterocycles. The molecule has 0 spiro atoms. The monoisotopic (exact) mass is 535 g/mol. The number of aryl methyl sites for hydroxylation is 3. The van der Waals surface area contributed by atoms with Crippen LogP contribution in [0.4, 0.5) is 0 Å². The number of Topliss-reactive ketones (excluding diaryl/α,β-unsaturated/α-hetero) is 1. The Morgan fingerprint density at radius 3 is 2.42 bits per heavy atom. The number of ketones is 1. The lowest BCUT2D eigenvalue weighted by atomic mass is 9.94. The molecular weight excluding hydrogens is 502 g/mol. The highest BCUT2D eigenvalue weighted by Crippen LogP contribution is 2.39. The Labute approximate surface area is 234 Å². The Kier molecular flexibility index (Phi) is 8.10. The second-order valence-electron chi connectivity index (χ2n) is 10.0. The number of ether oxygens (including phenoxy) is 1. The van der Waals surface area contributed by atoms with Crippen LogP contribution >= 0.6 is 0 Å². The number of amides is 1. The third-order valence-electron chi connectivity index (χ3n) is 7.23. The minimum Gasteiger partial charge on any atom is -0.507 e. The van der Waals surface area contributed by atoms with Gasteiger partial charge in [-0.05, 0) is 60.7 Å². The van der Waals surface area contributed by atoms with Crippen molar-refractivity contribution >= 4 is 17.4 Å². The van der Waals surface area contributed by atoms with Crippen LogP contribution in [0.2, 0.25) is 0 Å². The number of aliphatic hydroxyl groups excluding tert-OH is 1. The molecule has 5 rings (SSSR count). The predicted octanol–water partition coefficient (Wildman–Crippen LogP) is 5.84. The van der Waals surface area contributed by atoms with E-state index in [0.29, 0.717) is 37.4 Å². The van der Waals surface area contributed by atoms with E-state index in [1.807, 2.05) is 60.2 Å². The molecule has 0 saturated carbocycles. The summed E-state index contributed by atoms with van der Waals surface area (Å²) in [4.78, 5) is 32.2. The van der Waals surface area contributed by atoms with E-state index in [-0.39, 0.29) is 11.3 Å². The van der Waals surface area contributed by atoms with Gasteiger partial charge in [0, 0.05) is 31.0 Å². The lowest BCUT2D eigenvalue weighted by molar-refractivity contribution is -0.139. The molecule has 7 nitrogen and oxygen atoms in total. The van der Waals surface area contributed by atoms with Crippen molar-refractivity contribution in [2.24, 2.45) is 0 Å². The van der Waals surface area contributed by atoms with E-state index in [0.717, 1.165) is 23.1 Å². The predicted molar refractivity (Wildman–Crippen MR) is 154 cm³/mol. The van der Waals surface area contributed by atoms with Crippen molar-refractivity contribution in [3.63, 3.8) is 0 Å². The average Bonchev–Trinajstić information content (AvgIpc) is 3.58. The van der Waals surface area contributed by atoms with Gasteiger partial charge in [0.25, 0.3) is 11.7 Å². The number of imidazole rings is 1. The largest absolute Gasteiger partial charge is 0.507 e. The van der Waals surface area contributed by atoms with Gasteiger partial charge in [0.15, 0.2) is 0 Å². The molecule has 1 aliphatic heterocycles. The summed E-state index contributed by atoms with van der Waals surface area (Å²) in [6.45, 7) is 5.56.